The Hall–Kier alpha value is -3.46. The molecule has 2 aromatic heterocycles. The molecule has 3 aromatic rings. The van der Waals surface area contributed by atoms with Crippen LogP contribution < -0.4 is 0 Å². The number of fused-ring (bicyclic) bond motifs is 1. The molecule has 0 aliphatic carbocycles. The molecular weight excluding hydrogens is 446 g/mol. The fourth-order valence-corrected chi connectivity index (χ4v) is 4.37. The zero-order chi connectivity index (χ0) is 23.7. The molecule has 0 spiro atoms. The van der Waals surface area contributed by atoms with Gasteiger partial charge in [0.2, 0.25) is 11.7 Å². The molecule has 172 valence electrons. The number of aromatic nitrogens is 3. The summed E-state index contributed by atoms with van der Waals surface area (Å²) in [6.45, 7) is 4.68. The number of benzene rings is 1. The molecule has 3 heterocycles. The Kier molecular flexibility index (Phi) is 6.33. The minimum atomic E-state index is -0.596. The number of aryl methyl sites for hydroxylation is 1. The number of piperidine rings is 1. The first kappa shape index (κ1) is 22.7. The van der Waals surface area contributed by atoms with Crippen molar-refractivity contribution in [2.75, 3.05) is 13.1 Å². The second-order valence-electron chi connectivity index (χ2n) is 8.17. The van der Waals surface area contributed by atoms with E-state index in [1.807, 2.05) is 21.7 Å². The molecule has 10 heteroatoms. The van der Waals surface area contributed by atoms with E-state index < -0.39 is 4.92 Å². The van der Waals surface area contributed by atoms with Crippen LogP contribution in [0.15, 0.2) is 30.6 Å². The quantitative estimate of drug-likeness (QED) is 0.304. The summed E-state index contributed by atoms with van der Waals surface area (Å²) in [5.74, 6) is -0.240. The smallest absolute Gasteiger partial charge is 0.358 e. The lowest BCUT2D eigenvalue weighted by Gasteiger charge is -2.27. The molecule has 33 heavy (non-hydrogen) atoms. The summed E-state index contributed by atoms with van der Waals surface area (Å²) in [6, 6.07) is 5.38. The number of amides is 1. The van der Waals surface area contributed by atoms with Gasteiger partial charge in [0.1, 0.15) is 12.7 Å². The Bertz CT molecular complexity index is 1280. The molecule has 0 saturated carbocycles. The number of Topliss-reactive ketones (excluding diaryl/α,β-unsaturated/α-hetero) is 1. The van der Waals surface area contributed by atoms with Crippen molar-refractivity contribution in [1.82, 2.24) is 19.0 Å². The van der Waals surface area contributed by atoms with Gasteiger partial charge >= 0.3 is 5.82 Å². The van der Waals surface area contributed by atoms with E-state index in [0.29, 0.717) is 16.4 Å². The maximum atomic E-state index is 12.9. The van der Waals surface area contributed by atoms with Crippen molar-refractivity contribution in [3.63, 3.8) is 0 Å². The zero-order valence-electron chi connectivity index (χ0n) is 18.5. The number of nitro groups is 1. The molecule has 1 aromatic carbocycles. The summed E-state index contributed by atoms with van der Waals surface area (Å²) in [5, 5.41) is 12.5. The van der Waals surface area contributed by atoms with Crippen LogP contribution in [0.2, 0.25) is 5.02 Å². The van der Waals surface area contributed by atoms with Crippen LogP contribution in [0.25, 0.3) is 22.7 Å². The first-order valence-corrected chi connectivity index (χ1v) is 11.1. The number of allylic oxidation sites excluding steroid dienone is 1. The van der Waals surface area contributed by atoms with Crippen LogP contribution in [0.4, 0.5) is 5.82 Å². The molecule has 0 N–H and O–H groups in total. The van der Waals surface area contributed by atoms with Gasteiger partial charge in [-0.15, -0.1) is 0 Å². The molecule has 1 aliphatic rings. The highest BCUT2D eigenvalue weighted by molar-refractivity contribution is 6.31. The molecule has 4 rings (SSSR count). The van der Waals surface area contributed by atoms with E-state index >= 15 is 0 Å². The minimum Gasteiger partial charge on any atom is -0.358 e. The fourth-order valence-electron chi connectivity index (χ4n) is 4.21. The van der Waals surface area contributed by atoms with Crippen molar-refractivity contribution in [2.24, 2.45) is 0 Å². The van der Waals surface area contributed by atoms with Crippen molar-refractivity contribution in [1.29, 1.82) is 0 Å². The van der Waals surface area contributed by atoms with E-state index in [1.165, 1.54) is 17.7 Å². The van der Waals surface area contributed by atoms with Gasteiger partial charge in [0.25, 0.3) is 0 Å². The maximum absolute atomic E-state index is 12.9. The van der Waals surface area contributed by atoms with Gasteiger partial charge in [-0.1, -0.05) is 17.7 Å². The van der Waals surface area contributed by atoms with Crippen LogP contribution >= 0.6 is 11.6 Å². The number of halogens is 1. The van der Waals surface area contributed by atoms with Crippen molar-refractivity contribution < 1.29 is 14.5 Å². The summed E-state index contributed by atoms with van der Waals surface area (Å²) in [6.07, 6.45) is 7.87. The molecule has 1 aliphatic heterocycles. The van der Waals surface area contributed by atoms with Crippen LogP contribution in [0.3, 0.4) is 0 Å². The molecule has 9 nitrogen and oxygen atoms in total. The van der Waals surface area contributed by atoms with E-state index in [0.717, 1.165) is 43.3 Å². The monoisotopic (exact) mass is 469 g/mol. The number of imidazole rings is 1. The van der Waals surface area contributed by atoms with Gasteiger partial charge in [0, 0.05) is 49.1 Å². The predicted molar refractivity (Wildman–Crippen MR) is 126 cm³/mol. The van der Waals surface area contributed by atoms with Gasteiger partial charge in [-0.2, -0.15) is 0 Å². The molecule has 1 fully saturated rings. The van der Waals surface area contributed by atoms with Gasteiger partial charge in [-0.05, 0) is 47.4 Å². The van der Waals surface area contributed by atoms with E-state index in [2.05, 4.69) is 4.98 Å². The van der Waals surface area contributed by atoms with Gasteiger partial charge in [0.15, 0.2) is 5.78 Å². The molecule has 0 bridgehead atoms. The number of hydrogen-bond acceptors (Lipinski definition) is 5. The lowest BCUT2D eigenvalue weighted by molar-refractivity contribution is -0.389. The topological polar surface area (TPSA) is 103 Å². The number of rotatable bonds is 6. The van der Waals surface area contributed by atoms with Crippen LogP contribution in [0, 0.1) is 17.0 Å². The van der Waals surface area contributed by atoms with Crippen LogP contribution in [-0.2, 0) is 16.1 Å². The van der Waals surface area contributed by atoms with Gasteiger partial charge < -0.3 is 19.6 Å². The van der Waals surface area contributed by atoms with Crippen LogP contribution in [0.5, 0.6) is 0 Å². The van der Waals surface area contributed by atoms with E-state index in [4.69, 9.17) is 11.6 Å². The highest BCUT2D eigenvalue weighted by atomic mass is 35.5. The average molecular weight is 470 g/mol. The number of hydrogen-bond donors (Lipinski definition) is 0. The lowest BCUT2D eigenvalue weighted by Crippen LogP contribution is -2.37. The summed E-state index contributed by atoms with van der Waals surface area (Å²) in [7, 11) is 0. The minimum absolute atomic E-state index is 0.0370. The highest BCUT2D eigenvalue weighted by Crippen LogP contribution is 2.29. The number of ketones is 1. The summed E-state index contributed by atoms with van der Waals surface area (Å²) >= 11 is 6.24. The maximum Gasteiger partial charge on any atom is 0.382 e. The summed E-state index contributed by atoms with van der Waals surface area (Å²) in [4.78, 5) is 41.7. The largest absolute Gasteiger partial charge is 0.382 e. The molecule has 0 atom stereocenters. The Morgan fingerprint density at radius 3 is 2.58 bits per heavy atom. The van der Waals surface area contributed by atoms with Crippen molar-refractivity contribution in [3.8, 4) is 0 Å². The zero-order valence-corrected chi connectivity index (χ0v) is 19.2. The lowest BCUT2D eigenvalue weighted by atomic mass is 10.1. The Labute approximate surface area is 195 Å². The standard InChI is InChI=1S/C23H24ClN5O4/c1-15(30)20(28-13-22(29(32)33)25-16(28)2)10-17-12-27(21-11-18(24)6-7-19(17)21)14-23(31)26-8-4-3-5-9-26/h6-7,10-13H,3-5,8-9,14H2,1-2H3/b20-10-. The normalized spacial score (nSPS) is 14.6. The fraction of sp³-hybridized carbons (Fsp3) is 0.348. The second kappa shape index (κ2) is 9.19. The van der Waals surface area contributed by atoms with Gasteiger partial charge in [-0.3, -0.25) is 14.2 Å². The molecule has 0 unspecified atom stereocenters. The van der Waals surface area contributed by atoms with Crippen molar-refractivity contribution in [3.05, 3.63) is 57.1 Å². The number of carbonyl (C=O) groups is 2. The summed E-state index contributed by atoms with van der Waals surface area (Å²) in [5.41, 5.74) is 1.72. The number of carbonyl (C=O) groups excluding carboxylic acids is 2. The molecule has 0 radical (unpaired) electrons. The van der Waals surface area contributed by atoms with E-state index in [1.54, 1.807) is 25.1 Å². The molecule has 1 amide bonds. The van der Waals surface area contributed by atoms with Crippen LogP contribution in [0.1, 0.15) is 37.6 Å². The predicted octanol–water partition coefficient (Wildman–Crippen LogP) is 4.31. The molecular formula is C23H24ClN5O4. The van der Waals surface area contributed by atoms with Crippen LogP contribution in [-0.4, -0.2) is 48.7 Å². The molecule has 1 saturated heterocycles. The SMILES string of the molecule is CC(=O)/C(=C/c1cn(CC(=O)N2CCCCC2)c2cc(Cl)ccc12)n1cc([N+](=O)[O-])nc1C. The van der Waals surface area contributed by atoms with Gasteiger partial charge in [0.05, 0.1) is 11.2 Å². The van der Waals surface area contributed by atoms with E-state index in [9.17, 15) is 19.7 Å². The Morgan fingerprint density at radius 1 is 1.21 bits per heavy atom. The van der Waals surface area contributed by atoms with Crippen molar-refractivity contribution >= 4 is 51.8 Å². The first-order valence-electron chi connectivity index (χ1n) is 10.7. The summed E-state index contributed by atoms with van der Waals surface area (Å²) < 4.78 is 3.25. The Balaban J connectivity index is 1.78. The first-order chi connectivity index (χ1) is 15.7. The Morgan fingerprint density at radius 2 is 1.94 bits per heavy atom. The third kappa shape index (κ3) is 4.68. The van der Waals surface area contributed by atoms with E-state index in [-0.39, 0.29) is 29.8 Å². The number of likely N-dealkylation sites (tertiary alicyclic amines) is 1. The third-order valence-electron chi connectivity index (χ3n) is 5.86. The third-order valence-corrected chi connectivity index (χ3v) is 6.09. The van der Waals surface area contributed by atoms with Gasteiger partial charge in [-0.25, -0.2) is 0 Å². The second-order valence-corrected chi connectivity index (χ2v) is 8.61. The highest BCUT2D eigenvalue weighted by Gasteiger charge is 2.22. The average Bonchev–Trinajstić information content (AvgIpc) is 3.32. The van der Waals surface area contributed by atoms with Crippen molar-refractivity contribution in [2.45, 2.75) is 39.7 Å². The number of nitrogens with zero attached hydrogens (tertiary/aromatic N) is 5.